The van der Waals surface area contributed by atoms with E-state index in [0.29, 0.717) is 11.5 Å². The van der Waals surface area contributed by atoms with Crippen molar-refractivity contribution in [3.8, 4) is 22.9 Å². The Balaban J connectivity index is 2.18. The second kappa shape index (κ2) is 4.47. The third kappa shape index (κ3) is 1.90. The van der Waals surface area contributed by atoms with Crippen molar-refractivity contribution < 1.29 is 9.47 Å². The number of nitrogens with two attached hydrogens (primary N) is 1. The highest BCUT2D eigenvalue weighted by Crippen LogP contribution is 2.34. The highest BCUT2D eigenvalue weighted by Gasteiger charge is 2.12. The van der Waals surface area contributed by atoms with Gasteiger partial charge in [0.25, 0.3) is 0 Å². The van der Waals surface area contributed by atoms with Crippen molar-refractivity contribution in [3.05, 3.63) is 23.6 Å². The Bertz CT molecular complexity index is 692. The first-order valence-corrected chi connectivity index (χ1v) is 6.56. The average Bonchev–Trinajstić information content (AvgIpc) is 3.01. The van der Waals surface area contributed by atoms with Crippen molar-refractivity contribution in [2.24, 2.45) is 0 Å². The number of nitrogens with one attached hydrogen (secondary N) is 1. The van der Waals surface area contributed by atoms with E-state index in [4.69, 9.17) is 15.2 Å². The number of hydrogen-bond donors (Lipinski definition) is 2. The number of nitrogens with zero attached hydrogens (tertiary/aromatic N) is 1. The van der Waals surface area contributed by atoms with Crippen LogP contribution in [0.3, 0.4) is 0 Å². The standard InChI is InChI=1S/C13H13N3O2S/c1-17-10-5-8-9(6-11(10)18-2)16-13(15-8)7-3-4-19-12(7)14/h3-6H,14H2,1-2H3,(H,15,16). The van der Waals surface area contributed by atoms with Crippen molar-refractivity contribution in [1.29, 1.82) is 0 Å². The number of H-pyrrole nitrogens is 1. The number of imidazole rings is 1. The lowest BCUT2D eigenvalue weighted by Gasteiger charge is -2.06. The van der Waals surface area contributed by atoms with E-state index in [-0.39, 0.29) is 0 Å². The fourth-order valence-corrected chi connectivity index (χ4v) is 2.62. The summed E-state index contributed by atoms with van der Waals surface area (Å²) in [4.78, 5) is 7.78. The molecule has 19 heavy (non-hydrogen) atoms. The lowest BCUT2D eigenvalue weighted by atomic mass is 10.3. The summed E-state index contributed by atoms with van der Waals surface area (Å²) in [6, 6.07) is 5.66. The molecule has 0 saturated carbocycles. The van der Waals surface area contributed by atoms with Gasteiger partial charge >= 0.3 is 0 Å². The van der Waals surface area contributed by atoms with Crippen molar-refractivity contribution >= 4 is 27.4 Å². The van der Waals surface area contributed by atoms with E-state index >= 15 is 0 Å². The molecule has 98 valence electrons. The Hall–Kier alpha value is -2.21. The minimum Gasteiger partial charge on any atom is -0.493 e. The molecule has 0 amide bonds. The van der Waals surface area contributed by atoms with Gasteiger partial charge in [-0.05, 0) is 11.4 Å². The van der Waals surface area contributed by atoms with E-state index in [1.54, 1.807) is 14.2 Å². The number of hydrogen-bond acceptors (Lipinski definition) is 5. The molecule has 2 heterocycles. The number of methoxy groups -OCH3 is 2. The Morgan fingerprint density at radius 1 is 1.21 bits per heavy atom. The minimum absolute atomic E-state index is 0.659. The Labute approximate surface area is 114 Å². The zero-order valence-corrected chi connectivity index (χ0v) is 11.4. The number of thiophene rings is 1. The number of rotatable bonds is 3. The van der Waals surface area contributed by atoms with E-state index < -0.39 is 0 Å². The van der Waals surface area contributed by atoms with Gasteiger partial charge in [0.2, 0.25) is 0 Å². The normalized spacial score (nSPS) is 10.8. The summed E-state index contributed by atoms with van der Waals surface area (Å²) in [6.45, 7) is 0. The molecule has 0 spiro atoms. The number of aromatic nitrogens is 2. The zero-order valence-electron chi connectivity index (χ0n) is 10.6. The number of benzene rings is 1. The van der Waals surface area contributed by atoms with E-state index in [1.165, 1.54) is 11.3 Å². The molecule has 0 radical (unpaired) electrons. The third-order valence-corrected chi connectivity index (χ3v) is 3.68. The van der Waals surface area contributed by atoms with E-state index in [0.717, 1.165) is 27.4 Å². The Morgan fingerprint density at radius 2 is 1.95 bits per heavy atom. The minimum atomic E-state index is 0.659. The molecule has 3 rings (SSSR count). The Morgan fingerprint density at radius 3 is 2.58 bits per heavy atom. The predicted molar refractivity (Wildman–Crippen MR) is 76.9 cm³/mol. The number of aromatic amines is 1. The number of fused-ring (bicyclic) bond motifs is 1. The van der Waals surface area contributed by atoms with Crippen molar-refractivity contribution in [2.45, 2.75) is 0 Å². The monoisotopic (exact) mass is 275 g/mol. The lowest BCUT2D eigenvalue weighted by Crippen LogP contribution is -1.89. The van der Waals surface area contributed by atoms with Gasteiger partial charge in [0, 0.05) is 12.1 Å². The summed E-state index contributed by atoms with van der Waals surface area (Å²) in [5.74, 6) is 2.08. The SMILES string of the molecule is COc1cc2nc(-c3ccsc3N)[nH]c2cc1OC. The molecular formula is C13H13N3O2S. The summed E-state index contributed by atoms with van der Waals surface area (Å²) in [5.41, 5.74) is 8.54. The molecule has 0 bridgehead atoms. The van der Waals surface area contributed by atoms with Crippen molar-refractivity contribution in [2.75, 3.05) is 20.0 Å². The summed E-state index contributed by atoms with van der Waals surface area (Å²) >= 11 is 1.49. The molecule has 6 heteroatoms. The maximum Gasteiger partial charge on any atom is 0.163 e. The fourth-order valence-electron chi connectivity index (χ4n) is 1.98. The van der Waals surface area contributed by atoms with Crippen LogP contribution in [0.5, 0.6) is 11.5 Å². The van der Waals surface area contributed by atoms with Crippen LogP contribution in [-0.4, -0.2) is 24.2 Å². The van der Waals surface area contributed by atoms with Gasteiger partial charge < -0.3 is 20.2 Å². The summed E-state index contributed by atoms with van der Waals surface area (Å²) in [5, 5.41) is 2.69. The molecule has 3 aromatic rings. The van der Waals surface area contributed by atoms with Crippen LogP contribution in [0.15, 0.2) is 23.6 Å². The molecule has 1 aromatic carbocycles. The van der Waals surface area contributed by atoms with Gasteiger partial charge in [0.15, 0.2) is 11.5 Å². The summed E-state index contributed by atoms with van der Waals surface area (Å²) in [6.07, 6.45) is 0. The van der Waals surface area contributed by atoms with Crippen LogP contribution in [0.1, 0.15) is 0 Å². The number of anilines is 1. The summed E-state index contributed by atoms with van der Waals surface area (Å²) in [7, 11) is 3.21. The molecule has 0 unspecified atom stereocenters. The first kappa shape index (κ1) is 11.9. The maximum absolute atomic E-state index is 5.92. The van der Waals surface area contributed by atoms with Gasteiger partial charge in [0.1, 0.15) is 5.82 Å². The van der Waals surface area contributed by atoms with Crippen LogP contribution in [0.4, 0.5) is 5.00 Å². The van der Waals surface area contributed by atoms with Crippen LogP contribution in [0.25, 0.3) is 22.4 Å². The molecule has 0 aliphatic rings. The first-order valence-electron chi connectivity index (χ1n) is 5.68. The summed E-state index contributed by atoms with van der Waals surface area (Å²) < 4.78 is 10.5. The second-order valence-corrected chi connectivity index (χ2v) is 4.96. The second-order valence-electron chi connectivity index (χ2n) is 4.01. The van der Waals surface area contributed by atoms with Crippen LogP contribution in [0, 0.1) is 0 Å². The van der Waals surface area contributed by atoms with E-state index in [2.05, 4.69) is 9.97 Å². The quantitative estimate of drug-likeness (QED) is 0.771. The first-order chi connectivity index (χ1) is 9.22. The van der Waals surface area contributed by atoms with Crippen LogP contribution in [-0.2, 0) is 0 Å². The highest BCUT2D eigenvalue weighted by atomic mass is 32.1. The van der Waals surface area contributed by atoms with Crippen molar-refractivity contribution in [3.63, 3.8) is 0 Å². The molecule has 2 aromatic heterocycles. The van der Waals surface area contributed by atoms with Gasteiger partial charge in [-0.2, -0.15) is 0 Å². The third-order valence-electron chi connectivity index (χ3n) is 2.94. The molecule has 0 aliphatic heterocycles. The van der Waals surface area contributed by atoms with Crippen LogP contribution in [0.2, 0.25) is 0 Å². The molecule has 0 fully saturated rings. The lowest BCUT2D eigenvalue weighted by molar-refractivity contribution is 0.356. The predicted octanol–water partition coefficient (Wildman–Crippen LogP) is 2.89. The average molecular weight is 275 g/mol. The fraction of sp³-hybridized carbons (Fsp3) is 0.154. The maximum atomic E-state index is 5.92. The van der Waals surface area contributed by atoms with Crippen molar-refractivity contribution in [1.82, 2.24) is 9.97 Å². The highest BCUT2D eigenvalue weighted by molar-refractivity contribution is 7.14. The van der Waals surface area contributed by atoms with Gasteiger partial charge in [-0.25, -0.2) is 4.98 Å². The van der Waals surface area contributed by atoms with E-state index in [9.17, 15) is 0 Å². The van der Waals surface area contributed by atoms with Gasteiger partial charge in [0.05, 0.1) is 35.8 Å². The molecular weight excluding hydrogens is 262 g/mol. The number of nitrogen functional groups attached to an aromatic ring is 1. The smallest absolute Gasteiger partial charge is 0.163 e. The van der Waals surface area contributed by atoms with Crippen LogP contribution >= 0.6 is 11.3 Å². The molecule has 5 nitrogen and oxygen atoms in total. The van der Waals surface area contributed by atoms with Gasteiger partial charge in [-0.3, -0.25) is 0 Å². The molecule has 0 atom stereocenters. The van der Waals surface area contributed by atoms with Gasteiger partial charge in [-0.1, -0.05) is 0 Å². The number of ether oxygens (including phenoxy) is 2. The topological polar surface area (TPSA) is 73.2 Å². The molecule has 3 N–H and O–H groups in total. The Kier molecular flexibility index (Phi) is 2.79. The molecule has 0 aliphatic carbocycles. The van der Waals surface area contributed by atoms with Gasteiger partial charge in [-0.15, -0.1) is 11.3 Å². The van der Waals surface area contributed by atoms with Crippen LogP contribution < -0.4 is 15.2 Å². The molecule has 0 saturated heterocycles. The van der Waals surface area contributed by atoms with E-state index in [1.807, 2.05) is 23.6 Å². The zero-order chi connectivity index (χ0) is 13.4. The largest absolute Gasteiger partial charge is 0.493 e.